The normalized spacial score (nSPS) is 10.9. The lowest BCUT2D eigenvalue weighted by molar-refractivity contribution is 0.0587. The van der Waals surface area contributed by atoms with E-state index in [2.05, 4.69) is 13.8 Å². The molecule has 0 N–H and O–H groups in total. The summed E-state index contributed by atoms with van der Waals surface area (Å²) >= 11 is 0. The third-order valence-corrected chi connectivity index (χ3v) is 5.68. The molecule has 2 aromatic rings. The van der Waals surface area contributed by atoms with E-state index in [0.29, 0.717) is 52.8 Å². The standard InChI is InChI=1S/C25H34N2O5/c1-8-27-18(5)22(17(4)23(27)25(30)32-7)21(28)15-26(14-13-16(2)3)24(29)19-9-11-20(31-6)12-10-19/h9-12,16H,8,13-15H2,1-7H3. The van der Waals surface area contributed by atoms with E-state index in [-0.39, 0.29) is 18.2 Å². The molecule has 0 fully saturated rings. The minimum atomic E-state index is -0.475. The maximum absolute atomic E-state index is 13.4. The molecule has 2 rings (SSSR count). The Labute approximate surface area is 190 Å². The first-order chi connectivity index (χ1) is 15.2. The van der Waals surface area contributed by atoms with Crippen LogP contribution in [0.15, 0.2) is 24.3 Å². The zero-order valence-electron chi connectivity index (χ0n) is 20.2. The van der Waals surface area contributed by atoms with Crippen LogP contribution >= 0.6 is 0 Å². The summed E-state index contributed by atoms with van der Waals surface area (Å²) in [7, 11) is 2.90. The molecule has 7 heteroatoms. The van der Waals surface area contributed by atoms with Crippen molar-refractivity contribution in [2.75, 3.05) is 27.3 Å². The number of nitrogens with zero attached hydrogens (tertiary/aromatic N) is 2. The van der Waals surface area contributed by atoms with Crippen LogP contribution in [0.25, 0.3) is 0 Å². The molecule has 0 saturated heterocycles. The fraction of sp³-hybridized carbons (Fsp3) is 0.480. The van der Waals surface area contributed by atoms with Crippen molar-refractivity contribution in [1.82, 2.24) is 9.47 Å². The molecule has 0 unspecified atom stereocenters. The number of methoxy groups -OCH3 is 2. The molecule has 32 heavy (non-hydrogen) atoms. The van der Waals surface area contributed by atoms with Crippen LogP contribution in [-0.2, 0) is 11.3 Å². The monoisotopic (exact) mass is 442 g/mol. The summed E-state index contributed by atoms with van der Waals surface area (Å²) < 4.78 is 11.9. The summed E-state index contributed by atoms with van der Waals surface area (Å²) in [4.78, 5) is 40.5. The van der Waals surface area contributed by atoms with Crippen molar-refractivity contribution in [3.05, 3.63) is 52.3 Å². The van der Waals surface area contributed by atoms with Crippen molar-refractivity contribution >= 4 is 17.7 Å². The fourth-order valence-corrected chi connectivity index (χ4v) is 3.90. The largest absolute Gasteiger partial charge is 0.497 e. The first-order valence-electron chi connectivity index (χ1n) is 10.9. The number of esters is 1. The number of Topliss-reactive ketones (excluding diaryl/α,β-unsaturated/α-hetero) is 1. The van der Waals surface area contributed by atoms with Gasteiger partial charge in [0.1, 0.15) is 11.4 Å². The van der Waals surface area contributed by atoms with Crippen LogP contribution in [0, 0.1) is 19.8 Å². The number of ketones is 1. The van der Waals surface area contributed by atoms with E-state index < -0.39 is 5.97 Å². The van der Waals surface area contributed by atoms with E-state index in [1.807, 2.05) is 13.8 Å². The molecule has 0 aliphatic heterocycles. The topological polar surface area (TPSA) is 77.8 Å². The number of aromatic nitrogens is 1. The quantitative estimate of drug-likeness (QED) is 0.405. The molecule has 0 saturated carbocycles. The molecular formula is C25H34N2O5. The summed E-state index contributed by atoms with van der Waals surface area (Å²) in [6.07, 6.45) is 0.774. The Bertz CT molecular complexity index is 973. The SMILES string of the molecule is CCn1c(C)c(C(=O)CN(CCC(C)C)C(=O)c2ccc(OC)cc2)c(C)c1C(=O)OC. The zero-order chi connectivity index (χ0) is 24.0. The van der Waals surface area contributed by atoms with Crippen molar-refractivity contribution in [3.8, 4) is 5.75 Å². The van der Waals surface area contributed by atoms with E-state index in [0.717, 1.165) is 6.42 Å². The smallest absolute Gasteiger partial charge is 0.354 e. The minimum Gasteiger partial charge on any atom is -0.497 e. The van der Waals surface area contributed by atoms with Crippen LogP contribution in [0.2, 0.25) is 0 Å². The number of benzene rings is 1. The van der Waals surface area contributed by atoms with Crippen LogP contribution < -0.4 is 4.74 Å². The molecule has 0 bridgehead atoms. The number of carbonyl (C=O) groups excluding carboxylic acids is 3. The number of rotatable bonds is 10. The van der Waals surface area contributed by atoms with Gasteiger partial charge in [0, 0.05) is 29.9 Å². The van der Waals surface area contributed by atoms with Gasteiger partial charge < -0.3 is 18.9 Å². The van der Waals surface area contributed by atoms with Gasteiger partial charge in [-0.05, 0) is 62.9 Å². The molecule has 7 nitrogen and oxygen atoms in total. The van der Waals surface area contributed by atoms with E-state index in [1.54, 1.807) is 47.8 Å². The Kier molecular flexibility index (Phi) is 8.63. The lowest BCUT2D eigenvalue weighted by Crippen LogP contribution is -2.37. The van der Waals surface area contributed by atoms with Crippen molar-refractivity contribution < 1.29 is 23.9 Å². The van der Waals surface area contributed by atoms with Gasteiger partial charge in [-0.3, -0.25) is 9.59 Å². The summed E-state index contributed by atoms with van der Waals surface area (Å²) in [5.74, 6) is 0.168. The van der Waals surface area contributed by atoms with E-state index in [4.69, 9.17) is 9.47 Å². The van der Waals surface area contributed by atoms with Crippen LogP contribution in [0.3, 0.4) is 0 Å². The Morgan fingerprint density at radius 2 is 1.69 bits per heavy atom. The average Bonchev–Trinajstić information content (AvgIpc) is 3.04. The lowest BCUT2D eigenvalue weighted by atomic mass is 10.0. The van der Waals surface area contributed by atoms with Gasteiger partial charge in [0.05, 0.1) is 20.8 Å². The number of carbonyl (C=O) groups is 3. The Hall–Kier alpha value is -3.09. The first kappa shape index (κ1) is 25.2. The zero-order valence-corrected chi connectivity index (χ0v) is 20.2. The molecule has 174 valence electrons. The highest BCUT2D eigenvalue weighted by molar-refractivity contribution is 6.06. The van der Waals surface area contributed by atoms with Crippen LogP contribution in [0.1, 0.15) is 69.7 Å². The summed E-state index contributed by atoms with van der Waals surface area (Å²) in [5, 5.41) is 0. The number of ether oxygens (including phenoxy) is 2. The van der Waals surface area contributed by atoms with Gasteiger partial charge in [-0.15, -0.1) is 0 Å². The number of hydrogen-bond acceptors (Lipinski definition) is 5. The van der Waals surface area contributed by atoms with Crippen molar-refractivity contribution in [3.63, 3.8) is 0 Å². The molecule has 1 amide bonds. The predicted octanol–water partition coefficient (Wildman–Crippen LogP) is 4.29. The molecular weight excluding hydrogens is 408 g/mol. The predicted molar refractivity (Wildman–Crippen MR) is 124 cm³/mol. The van der Waals surface area contributed by atoms with Crippen LogP contribution in [-0.4, -0.2) is 54.4 Å². The maximum atomic E-state index is 13.4. The van der Waals surface area contributed by atoms with Gasteiger partial charge in [0.25, 0.3) is 5.91 Å². The second-order valence-corrected chi connectivity index (χ2v) is 8.23. The third-order valence-electron chi connectivity index (χ3n) is 5.68. The molecule has 0 aliphatic rings. The van der Waals surface area contributed by atoms with Gasteiger partial charge in [0.2, 0.25) is 0 Å². The van der Waals surface area contributed by atoms with Crippen molar-refractivity contribution in [2.45, 2.75) is 47.6 Å². The van der Waals surface area contributed by atoms with Crippen molar-refractivity contribution in [1.29, 1.82) is 0 Å². The molecule has 1 aromatic carbocycles. The Morgan fingerprint density at radius 3 is 2.19 bits per heavy atom. The van der Waals surface area contributed by atoms with Gasteiger partial charge in [-0.25, -0.2) is 4.79 Å². The van der Waals surface area contributed by atoms with Gasteiger partial charge >= 0.3 is 5.97 Å². The van der Waals surface area contributed by atoms with E-state index in [9.17, 15) is 14.4 Å². The maximum Gasteiger partial charge on any atom is 0.354 e. The molecule has 1 aromatic heterocycles. The number of amides is 1. The third kappa shape index (κ3) is 5.39. The molecule has 0 aliphatic carbocycles. The first-order valence-corrected chi connectivity index (χ1v) is 10.9. The highest BCUT2D eigenvalue weighted by Gasteiger charge is 2.28. The summed E-state index contributed by atoms with van der Waals surface area (Å²) in [6.45, 7) is 10.6. The molecule has 0 spiro atoms. The molecule has 0 atom stereocenters. The van der Waals surface area contributed by atoms with Crippen LogP contribution in [0.5, 0.6) is 5.75 Å². The second kappa shape index (κ2) is 11.0. The Balaban J connectivity index is 2.39. The minimum absolute atomic E-state index is 0.0619. The van der Waals surface area contributed by atoms with E-state index >= 15 is 0 Å². The summed E-state index contributed by atoms with van der Waals surface area (Å²) in [6, 6.07) is 6.86. The Morgan fingerprint density at radius 1 is 1.06 bits per heavy atom. The second-order valence-electron chi connectivity index (χ2n) is 8.23. The highest BCUT2D eigenvalue weighted by atomic mass is 16.5. The van der Waals surface area contributed by atoms with Gasteiger partial charge in [0.15, 0.2) is 5.78 Å². The van der Waals surface area contributed by atoms with Gasteiger partial charge in [-0.1, -0.05) is 13.8 Å². The highest BCUT2D eigenvalue weighted by Crippen LogP contribution is 2.24. The summed E-state index contributed by atoms with van der Waals surface area (Å²) in [5.41, 5.74) is 2.64. The molecule has 1 heterocycles. The van der Waals surface area contributed by atoms with Crippen LogP contribution in [0.4, 0.5) is 0 Å². The average molecular weight is 443 g/mol. The lowest BCUT2D eigenvalue weighted by Gasteiger charge is -2.23. The number of hydrogen-bond donors (Lipinski definition) is 0. The fourth-order valence-electron chi connectivity index (χ4n) is 3.90. The van der Waals surface area contributed by atoms with E-state index in [1.165, 1.54) is 7.11 Å². The van der Waals surface area contributed by atoms with Crippen molar-refractivity contribution in [2.24, 2.45) is 5.92 Å². The van der Waals surface area contributed by atoms with Gasteiger partial charge in [-0.2, -0.15) is 0 Å². The molecule has 0 radical (unpaired) electrons.